The summed E-state index contributed by atoms with van der Waals surface area (Å²) in [7, 11) is 0. The highest BCUT2D eigenvalue weighted by molar-refractivity contribution is 5.28. The maximum Gasteiger partial charge on any atom is 0.418 e. The van der Waals surface area contributed by atoms with Crippen molar-refractivity contribution in [2.75, 3.05) is 0 Å². The monoisotopic (exact) mass is 190 g/mol. The molecule has 0 saturated carbocycles. The van der Waals surface area contributed by atoms with Crippen LogP contribution in [0.15, 0.2) is 24.3 Å². The second-order valence-corrected chi connectivity index (χ2v) is 2.80. The third kappa shape index (κ3) is 2.21. The maximum atomic E-state index is 12.1. The zero-order valence-electron chi connectivity index (χ0n) is 6.97. The first-order chi connectivity index (χ1) is 5.93. The van der Waals surface area contributed by atoms with Gasteiger partial charge in [-0.25, -0.2) is 0 Å². The maximum absolute atomic E-state index is 12.1. The Labute approximate surface area is 73.8 Å². The van der Waals surface area contributed by atoms with Crippen LogP contribution in [0.2, 0.25) is 0 Å². The molecule has 13 heavy (non-hydrogen) atoms. The highest BCUT2D eigenvalue weighted by Gasteiger charge is 2.39. The summed E-state index contributed by atoms with van der Waals surface area (Å²) in [5.74, 6) is 0. The Morgan fingerprint density at radius 3 is 2.23 bits per heavy atom. The van der Waals surface area contributed by atoms with Crippen LogP contribution in [0.25, 0.3) is 0 Å². The number of alkyl halides is 3. The summed E-state index contributed by atoms with van der Waals surface area (Å²) >= 11 is 0. The van der Waals surface area contributed by atoms with E-state index in [1.807, 2.05) is 0 Å². The van der Waals surface area contributed by atoms with Crippen molar-refractivity contribution in [3.8, 4) is 0 Å². The summed E-state index contributed by atoms with van der Waals surface area (Å²) in [4.78, 5) is 0. The van der Waals surface area contributed by atoms with Gasteiger partial charge in [-0.1, -0.05) is 24.3 Å². The topological polar surface area (TPSA) is 20.2 Å². The van der Waals surface area contributed by atoms with Gasteiger partial charge in [0, 0.05) is 0 Å². The summed E-state index contributed by atoms with van der Waals surface area (Å²) in [5.41, 5.74) is 0.349. The Hall–Kier alpha value is -1.03. The van der Waals surface area contributed by atoms with Crippen LogP contribution >= 0.6 is 0 Å². The van der Waals surface area contributed by atoms with E-state index >= 15 is 0 Å². The molecule has 1 aromatic carbocycles. The molecule has 1 aromatic rings. The van der Waals surface area contributed by atoms with Gasteiger partial charge in [0.15, 0.2) is 6.10 Å². The number of benzene rings is 1. The highest BCUT2D eigenvalue weighted by atomic mass is 19.4. The normalized spacial score (nSPS) is 14.2. The standard InChI is InChI=1S/C9H9F3O/c1-6-4-2-3-5-7(6)8(13)9(10,11)12/h2-5,8,13H,1H3/t8-/m0/s1. The van der Waals surface area contributed by atoms with Crippen LogP contribution in [0.5, 0.6) is 0 Å². The molecule has 1 rings (SSSR count). The molecule has 1 atom stereocenters. The van der Waals surface area contributed by atoms with Gasteiger partial charge in [0.1, 0.15) is 0 Å². The average Bonchev–Trinajstić information content (AvgIpc) is 2.02. The fraction of sp³-hybridized carbons (Fsp3) is 0.333. The van der Waals surface area contributed by atoms with Gasteiger partial charge in [-0.15, -0.1) is 0 Å². The SMILES string of the molecule is Cc1ccccc1[C@H](O)C(F)(F)F. The molecule has 0 fully saturated rings. The fourth-order valence-electron chi connectivity index (χ4n) is 1.07. The van der Waals surface area contributed by atoms with Crippen molar-refractivity contribution in [1.29, 1.82) is 0 Å². The molecule has 1 N–H and O–H groups in total. The van der Waals surface area contributed by atoms with Gasteiger partial charge >= 0.3 is 6.18 Å². The zero-order chi connectivity index (χ0) is 10.1. The summed E-state index contributed by atoms with van der Waals surface area (Å²) in [6.07, 6.45) is -6.97. The van der Waals surface area contributed by atoms with Crippen LogP contribution in [0.1, 0.15) is 17.2 Å². The summed E-state index contributed by atoms with van der Waals surface area (Å²) in [5, 5.41) is 8.91. The van der Waals surface area contributed by atoms with E-state index in [2.05, 4.69) is 0 Å². The Morgan fingerprint density at radius 1 is 1.23 bits per heavy atom. The first-order valence-electron chi connectivity index (χ1n) is 3.73. The summed E-state index contributed by atoms with van der Waals surface area (Å²) in [6, 6.07) is 5.90. The molecule has 0 aliphatic rings. The Kier molecular flexibility index (Phi) is 2.61. The number of rotatable bonds is 1. The number of aryl methyl sites for hydroxylation is 1. The average molecular weight is 190 g/mol. The van der Waals surface area contributed by atoms with E-state index in [-0.39, 0.29) is 5.56 Å². The largest absolute Gasteiger partial charge is 0.418 e. The lowest BCUT2D eigenvalue weighted by Gasteiger charge is -2.16. The van der Waals surface area contributed by atoms with Gasteiger partial charge < -0.3 is 5.11 Å². The van der Waals surface area contributed by atoms with Crippen LogP contribution in [-0.4, -0.2) is 11.3 Å². The molecular weight excluding hydrogens is 181 g/mol. The molecule has 0 radical (unpaired) electrons. The molecule has 0 bridgehead atoms. The molecule has 0 aliphatic heterocycles. The molecule has 0 unspecified atom stereocenters. The van der Waals surface area contributed by atoms with E-state index in [9.17, 15) is 13.2 Å². The minimum absolute atomic E-state index is 0.0880. The van der Waals surface area contributed by atoms with Crippen molar-refractivity contribution >= 4 is 0 Å². The van der Waals surface area contributed by atoms with Crippen LogP contribution in [0, 0.1) is 6.92 Å². The molecule has 0 spiro atoms. The molecule has 0 amide bonds. The predicted molar refractivity (Wildman–Crippen MR) is 42.2 cm³/mol. The Balaban J connectivity index is 3.02. The molecule has 0 heterocycles. The van der Waals surface area contributed by atoms with Crippen molar-refractivity contribution in [2.24, 2.45) is 0 Å². The predicted octanol–water partition coefficient (Wildman–Crippen LogP) is 2.59. The molecular formula is C9H9F3O. The highest BCUT2D eigenvalue weighted by Crippen LogP contribution is 2.33. The quantitative estimate of drug-likeness (QED) is 0.721. The van der Waals surface area contributed by atoms with Gasteiger partial charge in [-0.2, -0.15) is 13.2 Å². The van der Waals surface area contributed by atoms with Crippen molar-refractivity contribution in [3.63, 3.8) is 0 Å². The van der Waals surface area contributed by atoms with Crippen LogP contribution < -0.4 is 0 Å². The molecule has 0 aromatic heterocycles. The van der Waals surface area contributed by atoms with Gasteiger partial charge in [0.2, 0.25) is 0 Å². The summed E-state index contributed by atoms with van der Waals surface area (Å²) in [6.45, 7) is 1.53. The van der Waals surface area contributed by atoms with E-state index in [1.165, 1.54) is 25.1 Å². The Morgan fingerprint density at radius 2 is 1.77 bits per heavy atom. The van der Waals surface area contributed by atoms with Crippen LogP contribution in [0.3, 0.4) is 0 Å². The second-order valence-electron chi connectivity index (χ2n) is 2.80. The third-order valence-electron chi connectivity index (χ3n) is 1.79. The number of halogens is 3. The van der Waals surface area contributed by atoms with Gasteiger partial charge in [0.25, 0.3) is 0 Å². The lowest BCUT2D eigenvalue weighted by molar-refractivity contribution is -0.206. The van der Waals surface area contributed by atoms with E-state index in [0.717, 1.165) is 0 Å². The first-order valence-corrected chi connectivity index (χ1v) is 3.73. The number of hydrogen-bond acceptors (Lipinski definition) is 1. The van der Waals surface area contributed by atoms with E-state index in [0.29, 0.717) is 5.56 Å². The van der Waals surface area contributed by atoms with E-state index in [1.54, 1.807) is 6.07 Å². The minimum Gasteiger partial charge on any atom is -0.379 e. The molecule has 72 valence electrons. The number of hydrogen-bond donors (Lipinski definition) is 1. The lowest BCUT2D eigenvalue weighted by Crippen LogP contribution is -2.20. The smallest absolute Gasteiger partial charge is 0.379 e. The third-order valence-corrected chi connectivity index (χ3v) is 1.79. The molecule has 1 nitrogen and oxygen atoms in total. The first kappa shape index (κ1) is 10.1. The Bertz CT molecular complexity index is 293. The summed E-state index contributed by atoms with van der Waals surface area (Å²) < 4.78 is 36.2. The minimum atomic E-state index is -4.59. The molecule has 4 heteroatoms. The van der Waals surface area contributed by atoms with Crippen molar-refractivity contribution in [2.45, 2.75) is 19.2 Å². The zero-order valence-corrected chi connectivity index (χ0v) is 6.97. The number of aliphatic hydroxyl groups excluding tert-OH is 1. The van der Waals surface area contributed by atoms with Crippen molar-refractivity contribution in [3.05, 3.63) is 35.4 Å². The van der Waals surface area contributed by atoms with Crippen molar-refractivity contribution < 1.29 is 18.3 Å². The van der Waals surface area contributed by atoms with Crippen molar-refractivity contribution in [1.82, 2.24) is 0 Å². The van der Waals surface area contributed by atoms with Crippen LogP contribution in [-0.2, 0) is 0 Å². The van der Waals surface area contributed by atoms with Gasteiger partial charge in [-0.05, 0) is 18.1 Å². The second kappa shape index (κ2) is 3.38. The van der Waals surface area contributed by atoms with Crippen LogP contribution in [0.4, 0.5) is 13.2 Å². The lowest BCUT2D eigenvalue weighted by atomic mass is 10.0. The fourth-order valence-corrected chi connectivity index (χ4v) is 1.07. The van der Waals surface area contributed by atoms with E-state index < -0.39 is 12.3 Å². The number of aliphatic hydroxyl groups is 1. The molecule has 0 aliphatic carbocycles. The van der Waals surface area contributed by atoms with Gasteiger partial charge in [-0.3, -0.25) is 0 Å². The molecule has 0 saturated heterocycles. The van der Waals surface area contributed by atoms with E-state index in [4.69, 9.17) is 5.11 Å². The van der Waals surface area contributed by atoms with Gasteiger partial charge in [0.05, 0.1) is 0 Å².